The van der Waals surface area contributed by atoms with Crippen molar-refractivity contribution in [1.82, 2.24) is 0 Å². The molecule has 0 saturated heterocycles. The lowest BCUT2D eigenvalue weighted by Gasteiger charge is -2.27. The lowest BCUT2D eigenvalue weighted by atomic mass is 10.1. The Hall–Kier alpha value is -4.51. The first-order valence-electron chi connectivity index (χ1n) is 11.1. The Balaban J connectivity index is 1.75. The average Bonchev–Trinajstić information content (AvgIpc) is 2.89. The number of nitrogens with one attached hydrogen (secondary N) is 2. The Morgan fingerprint density at radius 1 is 0.865 bits per heavy atom. The van der Waals surface area contributed by atoms with Crippen molar-refractivity contribution in [2.45, 2.75) is 0 Å². The molecule has 2 N–H and O–H groups in total. The molecule has 0 unspecified atom stereocenters. The summed E-state index contributed by atoms with van der Waals surface area (Å²) in [4.78, 5) is 18.7. The number of aliphatic imine (C=N–C) groups is 1. The van der Waals surface area contributed by atoms with Gasteiger partial charge in [0.1, 0.15) is 5.75 Å². The van der Waals surface area contributed by atoms with E-state index in [1.807, 2.05) is 54.7 Å². The van der Waals surface area contributed by atoms with Crippen molar-refractivity contribution >= 4 is 57.8 Å². The molecule has 0 spiro atoms. The summed E-state index contributed by atoms with van der Waals surface area (Å²) in [7, 11) is 1.51. The minimum absolute atomic E-state index is 0.144. The van der Waals surface area contributed by atoms with Crippen LogP contribution in [-0.4, -0.2) is 19.0 Å². The molecular formula is C28H21Cl2N5O2. The van der Waals surface area contributed by atoms with Crippen LogP contribution in [0.15, 0.2) is 102 Å². The summed E-state index contributed by atoms with van der Waals surface area (Å²) >= 11 is 12.6. The first-order chi connectivity index (χ1) is 18.0. The van der Waals surface area contributed by atoms with Crippen LogP contribution in [0.25, 0.3) is 0 Å². The second-order valence-corrected chi connectivity index (χ2v) is 8.57. The third-order valence-electron chi connectivity index (χ3n) is 5.23. The van der Waals surface area contributed by atoms with Crippen LogP contribution in [0.3, 0.4) is 0 Å². The van der Waals surface area contributed by atoms with E-state index in [1.165, 1.54) is 7.11 Å². The van der Waals surface area contributed by atoms with Crippen molar-refractivity contribution in [3.8, 4) is 11.9 Å². The minimum atomic E-state index is -0.308. The number of carbonyl (C=O) groups is 1. The Morgan fingerprint density at radius 2 is 1.51 bits per heavy atom. The molecule has 0 aliphatic rings. The van der Waals surface area contributed by atoms with Gasteiger partial charge in [-0.25, -0.2) is 0 Å². The van der Waals surface area contributed by atoms with Gasteiger partial charge in [-0.1, -0.05) is 59.6 Å². The highest BCUT2D eigenvalue weighted by Gasteiger charge is 2.20. The predicted octanol–water partition coefficient (Wildman–Crippen LogP) is 7.34. The average molecular weight is 530 g/mol. The van der Waals surface area contributed by atoms with E-state index in [1.54, 1.807) is 53.4 Å². The van der Waals surface area contributed by atoms with Crippen LogP contribution in [0, 0.1) is 11.5 Å². The maximum Gasteiger partial charge on any atom is 0.255 e. The smallest absolute Gasteiger partial charge is 0.255 e. The van der Waals surface area contributed by atoms with E-state index in [2.05, 4.69) is 15.6 Å². The first-order valence-corrected chi connectivity index (χ1v) is 11.8. The lowest BCUT2D eigenvalue weighted by Crippen LogP contribution is -2.32. The summed E-state index contributed by atoms with van der Waals surface area (Å²) < 4.78 is 5.51. The number of guanidine groups is 1. The second kappa shape index (κ2) is 12.0. The number of carbonyl (C=O) groups excluding carboxylic acids is 1. The number of benzene rings is 4. The molecule has 7 nitrogen and oxygen atoms in total. The van der Waals surface area contributed by atoms with E-state index >= 15 is 0 Å². The fourth-order valence-electron chi connectivity index (χ4n) is 3.61. The molecular weight excluding hydrogens is 509 g/mol. The van der Waals surface area contributed by atoms with Gasteiger partial charge in [-0.15, -0.1) is 4.99 Å². The molecule has 4 aromatic rings. The number of hydrogen-bond donors (Lipinski definition) is 2. The fraction of sp³-hybridized carbons (Fsp3) is 0.0357. The van der Waals surface area contributed by atoms with Gasteiger partial charge >= 0.3 is 0 Å². The molecule has 0 aliphatic carbocycles. The molecule has 0 bridgehead atoms. The minimum Gasteiger partial charge on any atom is -0.495 e. The van der Waals surface area contributed by atoms with Crippen LogP contribution < -0.4 is 20.3 Å². The Kier molecular flexibility index (Phi) is 8.26. The number of nitrogens with zero attached hydrogens (tertiary/aromatic N) is 3. The monoisotopic (exact) mass is 529 g/mol. The van der Waals surface area contributed by atoms with Crippen LogP contribution >= 0.6 is 23.2 Å². The molecule has 4 rings (SSSR count). The molecule has 37 heavy (non-hydrogen) atoms. The van der Waals surface area contributed by atoms with Gasteiger partial charge in [0.15, 0.2) is 0 Å². The molecule has 4 aromatic carbocycles. The van der Waals surface area contributed by atoms with Gasteiger partial charge in [0.25, 0.3) is 5.91 Å². The van der Waals surface area contributed by atoms with E-state index in [0.717, 1.165) is 0 Å². The van der Waals surface area contributed by atoms with Crippen LogP contribution in [-0.2, 0) is 0 Å². The van der Waals surface area contributed by atoms with E-state index in [9.17, 15) is 10.1 Å². The number of anilines is 4. The maximum atomic E-state index is 12.9. The van der Waals surface area contributed by atoms with E-state index in [0.29, 0.717) is 44.1 Å². The predicted molar refractivity (Wildman–Crippen MR) is 149 cm³/mol. The molecule has 0 heterocycles. The number of para-hydroxylation sites is 2. The van der Waals surface area contributed by atoms with Gasteiger partial charge < -0.3 is 15.4 Å². The quantitative estimate of drug-likeness (QED) is 0.155. The van der Waals surface area contributed by atoms with Gasteiger partial charge in [0.2, 0.25) is 12.2 Å². The summed E-state index contributed by atoms with van der Waals surface area (Å²) in [5.41, 5.74) is 2.73. The molecule has 0 aromatic heterocycles. The molecule has 1 amide bonds. The van der Waals surface area contributed by atoms with Crippen molar-refractivity contribution in [3.05, 3.63) is 113 Å². The summed E-state index contributed by atoms with van der Waals surface area (Å²) in [6.45, 7) is 0. The molecule has 0 aliphatic heterocycles. The largest absolute Gasteiger partial charge is 0.495 e. The number of methoxy groups -OCH3 is 1. The Bertz CT molecular complexity index is 1450. The highest BCUT2D eigenvalue weighted by Crippen LogP contribution is 2.33. The first kappa shape index (κ1) is 25.6. The highest BCUT2D eigenvalue weighted by molar-refractivity contribution is 6.35. The number of amides is 1. The number of rotatable bonds is 6. The van der Waals surface area contributed by atoms with Crippen molar-refractivity contribution < 1.29 is 9.53 Å². The molecule has 0 atom stereocenters. The number of hydrogen-bond acceptors (Lipinski definition) is 4. The summed E-state index contributed by atoms with van der Waals surface area (Å²) in [6.07, 6.45) is 1.84. The zero-order valence-corrected chi connectivity index (χ0v) is 21.2. The SMILES string of the molecule is COc1ccc(C(=O)Nc2ccccc2)cc1N/C(=N/C#N)N(c1ccccc1)c1cc(Cl)cc(Cl)c1. The summed E-state index contributed by atoms with van der Waals surface area (Å²) in [5, 5.41) is 16.4. The molecule has 9 heteroatoms. The molecule has 0 fully saturated rings. The van der Waals surface area contributed by atoms with Gasteiger partial charge in [0.05, 0.1) is 18.5 Å². The maximum absolute atomic E-state index is 12.9. The fourth-order valence-corrected chi connectivity index (χ4v) is 4.13. The van der Waals surface area contributed by atoms with Gasteiger partial charge in [0, 0.05) is 27.0 Å². The van der Waals surface area contributed by atoms with E-state index in [4.69, 9.17) is 27.9 Å². The van der Waals surface area contributed by atoms with Crippen molar-refractivity contribution in [2.24, 2.45) is 4.99 Å². The topological polar surface area (TPSA) is 89.7 Å². The van der Waals surface area contributed by atoms with Crippen LogP contribution in [0.5, 0.6) is 5.75 Å². The van der Waals surface area contributed by atoms with Crippen molar-refractivity contribution in [1.29, 1.82) is 5.26 Å². The normalized spacial score (nSPS) is 10.8. The van der Waals surface area contributed by atoms with E-state index < -0.39 is 0 Å². The lowest BCUT2D eigenvalue weighted by molar-refractivity contribution is 0.102. The van der Waals surface area contributed by atoms with Gasteiger partial charge in [-0.05, 0) is 60.7 Å². The van der Waals surface area contributed by atoms with E-state index in [-0.39, 0.29) is 11.9 Å². The highest BCUT2D eigenvalue weighted by atomic mass is 35.5. The zero-order chi connectivity index (χ0) is 26.2. The summed E-state index contributed by atoms with van der Waals surface area (Å²) in [5.74, 6) is 0.280. The standard InChI is InChI=1S/C28H21Cl2N5O2/c1-37-26-13-12-19(27(36)33-22-8-4-2-5-9-22)14-25(26)34-28(32-18-31)35(23-10-6-3-7-11-23)24-16-20(29)15-21(30)17-24/h2-17H,1H3,(H,32,34)(H,33,36). The van der Waals surface area contributed by atoms with Gasteiger partial charge in [-0.3, -0.25) is 9.69 Å². The zero-order valence-electron chi connectivity index (χ0n) is 19.7. The van der Waals surface area contributed by atoms with Gasteiger partial charge in [-0.2, -0.15) is 5.26 Å². The third kappa shape index (κ3) is 6.39. The van der Waals surface area contributed by atoms with Crippen LogP contribution in [0.4, 0.5) is 22.7 Å². The number of ether oxygens (including phenoxy) is 1. The third-order valence-corrected chi connectivity index (χ3v) is 5.66. The molecule has 184 valence electrons. The Labute approximate surface area is 224 Å². The second-order valence-electron chi connectivity index (χ2n) is 7.69. The molecule has 0 radical (unpaired) electrons. The summed E-state index contributed by atoms with van der Waals surface area (Å²) in [6, 6.07) is 28.4. The van der Waals surface area contributed by atoms with Crippen molar-refractivity contribution in [3.63, 3.8) is 0 Å². The van der Waals surface area contributed by atoms with Crippen LogP contribution in [0.1, 0.15) is 10.4 Å². The number of halogens is 2. The molecule has 0 saturated carbocycles. The Morgan fingerprint density at radius 3 is 2.14 bits per heavy atom. The van der Waals surface area contributed by atoms with Crippen molar-refractivity contribution in [2.75, 3.05) is 22.6 Å². The number of nitriles is 1. The van der Waals surface area contributed by atoms with Crippen LogP contribution in [0.2, 0.25) is 10.0 Å².